The van der Waals surface area contributed by atoms with Gasteiger partial charge in [-0.05, 0) is 31.9 Å². The van der Waals surface area contributed by atoms with Gasteiger partial charge in [0.1, 0.15) is 11.5 Å². The van der Waals surface area contributed by atoms with Gasteiger partial charge in [-0.2, -0.15) is 0 Å². The van der Waals surface area contributed by atoms with Crippen LogP contribution in [-0.4, -0.2) is 32.8 Å². The molecule has 0 bridgehead atoms. The predicted octanol–water partition coefficient (Wildman–Crippen LogP) is 2.02. The molecule has 1 aromatic rings. The van der Waals surface area contributed by atoms with Gasteiger partial charge in [0.2, 0.25) is 0 Å². The summed E-state index contributed by atoms with van der Waals surface area (Å²) in [5.74, 6) is 1.67. The Labute approximate surface area is 109 Å². The van der Waals surface area contributed by atoms with Crippen molar-refractivity contribution >= 4 is 5.69 Å². The second kappa shape index (κ2) is 5.06. The van der Waals surface area contributed by atoms with Crippen molar-refractivity contribution in [3.63, 3.8) is 0 Å². The number of nitrogens with two attached hydrogens (primary N) is 1. The highest BCUT2D eigenvalue weighted by Gasteiger charge is 2.27. The van der Waals surface area contributed by atoms with E-state index in [1.807, 2.05) is 12.1 Å². The normalized spacial score (nSPS) is 18.6. The maximum absolute atomic E-state index is 6.16. The largest absolute Gasteiger partial charge is 0.497 e. The van der Waals surface area contributed by atoms with Crippen LogP contribution < -0.4 is 20.1 Å². The Morgan fingerprint density at radius 3 is 2.39 bits per heavy atom. The fraction of sp³-hybridized carbons (Fsp3) is 0.571. The molecule has 1 heterocycles. The van der Waals surface area contributed by atoms with Gasteiger partial charge in [0, 0.05) is 24.7 Å². The van der Waals surface area contributed by atoms with Gasteiger partial charge in [0.25, 0.3) is 0 Å². The average molecular weight is 250 g/mol. The van der Waals surface area contributed by atoms with Crippen molar-refractivity contribution in [3.8, 4) is 11.5 Å². The summed E-state index contributed by atoms with van der Waals surface area (Å²) < 4.78 is 10.7. The molecule has 2 N–H and O–H groups in total. The molecule has 0 unspecified atom stereocenters. The van der Waals surface area contributed by atoms with Crippen LogP contribution >= 0.6 is 0 Å². The maximum atomic E-state index is 6.16. The summed E-state index contributed by atoms with van der Waals surface area (Å²) in [7, 11) is 3.35. The lowest BCUT2D eigenvalue weighted by Crippen LogP contribution is -2.48. The van der Waals surface area contributed by atoms with E-state index in [2.05, 4.69) is 17.9 Å². The highest BCUT2D eigenvalue weighted by molar-refractivity contribution is 5.61. The molecule has 0 aromatic heterocycles. The number of ether oxygens (including phenoxy) is 2. The first kappa shape index (κ1) is 13.0. The van der Waals surface area contributed by atoms with E-state index >= 15 is 0 Å². The van der Waals surface area contributed by atoms with Crippen LogP contribution in [0.4, 0.5) is 5.69 Å². The smallest absolute Gasteiger partial charge is 0.145 e. The van der Waals surface area contributed by atoms with Crippen LogP contribution in [0.5, 0.6) is 11.5 Å². The standard InChI is InChI=1S/C14H22N2O2/c1-14(15)6-8-16(9-7-14)12-5-4-11(17-2)10-13(12)18-3/h4-5,10H,6-9,15H2,1-3H3. The fourth-order valence-corrected chi connectivity index (χ4v) is 2.30. The zero-order valence-electron chi connectivity index (χ0n) is 11.4. The number of piperidine rings is 1. The molecule has 4 nitrogen and oxygen atoms in total. The summed E-state index contributed by atoms with van der Waals surface area (Å²) in [6.07, 6.45) is 2.00. The third-order valence-corrected chi connectivity index (χ3v) is 3.63. The molecule has 100 valence electrons. The van der Waals surface area contributed by atoms with E-state index in [4.69, 9.17) is 15.2 Å². The summed E-state index contributed by atoms with van der Waals surface area (Å²) >= 11 is 0. The predicted molar refractivity (Wildman–Crippen MR) is 73.6 cm³/mol. The van der Waals surface area contributed by atoms with Gasteiger partial charge < -0.3 is 20.1 Å². The quantitative estimate of drug-likeness (QED) is 0.891. The van der Waals surface area contributed by atoms with Gasteiger partial charge in [-0.25, -0.2) is 0 Å². The van der Waals surface area contributed by atoms with Gasteiger partial charge >= 0.3 is 0 Å². The van der Waals surface area contributed by atoms with E-state index in [9.17, 15) is 0 Å². The number of hydrogen-bond acceptors (Lipinski definition) is 4. The fourth-order valence-electron chi connectivity index (χ4n) is 2.30. The van der Waals surface area contributed by atoms with E-state index < -0.39 is 0 Å². The van der Waals surface area contributed by atoms with Crippen molar-refractivity contribution in [3.05, 3.63) is 18.2 Å². The molecule has 1 aromatic carbocycles. The molecule has 0 amide bonds. The minimum Gasteiger partial charge on any atom is -0.497 e. The molecule has 0 saturated carbocycles. The maximum Gasteiger partial charge on any atom is 0.145 e. The molecule has 18 heavy (non-hydrogen) atoms. The molecule has 0 aliphatic carbocycles. The number of rotatable bonds is 3. The lowest BCUT2D eigenvalue weighted by Gasteiger charge is -2.38. The van der Waals surface area contributed by atoms with E-state index in [1.165, 1.54) is 0 Å². The molecule has 1 aliphatic heterocycles. The van der Waals surface area contributed by atoms with Gasteiger partial charge in [-0.1, -0.05) is 0 Å². The van der Waals surface area contributed by atoms with Crippen molar-refractivity contribution in [2.24, 2.45) is 5.73 Å². The molecular formula is C14H22N2O2. The van der Waals surface area contributed by atoms with Crippen molar-refractivity contribution in [1.29, 1.82) is 0 Å². The number of nitrogens with zero attached hydrogens (tertiary/aromatic N) is 1. The average Bonchev–Trinajstić information content (AvgIpc) is 2.38. The van der Waals surface area contributed by atoms with Crippen LogP contribution in [0.15, 0.2) is 18.2 Å². The van der Waals surface area contributed by atoms with Crippen LogP contribution in [0.3, 0.4) is 0 Å². The minimum absolute atomic E-state index is 0.0315. The van der Waals surface area contributed by atoms with E-state index in [0.29, 0.717) is 0 Å². The molecule has 1 fully saturated rings. The third-order valence-electron chi connectivity index (χ3n) is 3.63. The molecule has 0 atom stereocenters. The minimum atomic E-state index is -0.0315. The van der Waals surface area contributed by atoms with Crippen LogP contribution in [-0.2, 0) is 0 Å². The number of benzene rings is 1. The lowest BCUT2D eigenvalue weighted by molar-refractivity contribution is 0.358. The van der Waals surface area contributed by atoms with Gasteiger partial charge in [-0.3, -0.25) is 0 Å². The Bertz CT molecular complexity index is 408. The van der Waals surface area contributed by atoms with Crippen molar-refractivity contribution in [2.75, 3.05) is 32.2 Å². The van der Waals surface area contributed by atoms with Crippen LogP contribution in [0.2, 0.25) is 0 Å². The second-order valence-corrected chi connectivity index (χ2v) is 5.18. The summed E-state index contributed by atoms with van der Waals surface area (Å²) in [6, 6.07) is 5.94. The monoisotopic (exact) mass is 250 g/mol. The summed E-state index contributed by atoms with van der Waals surface area (Å²) in [6.45, 7) is 4.06. The summed E-state index contributed by atoms with van der Waals surface area (Å²) in [5, 5.41) is 0. The Morgan fingerprint density at radius 1 is 1.17 bits per heavy atom. The van der Waals surface area contributed by atoms with E-state index in [0.717, 1.165) is 43.1 Å². The molecule has 1 saturated heterocycles. The van der Waals surface area contributed by atoms with Gasteiger partial charge in [-0.15, -0.1) is 0 Å². The molecule has 4 heteroatoms. The van der Waals surface area contributed by atoms with Crippen LogP contribution in [0, 0.1) is 0 Å². The Morgan fingerprint density at radius 2 is 1.83 bits per heavy atom. The Balaban J connectivity index is 2.18. The number of methoxy groups -OCH3 is 2. The SMILES string of the molecule is COc1ccc(N2CCC(C)(N)CC2)c(OC)c1. The number of hydrogen-bond donors (Lipinski definition) is 1. The lowest BCUT2D eigenvalue weighted by atomic mass is 9.91. The van der Waals surface area contributed by atoms with Crippen LogP contribution in [0.1, 0.15) is 19.8 Å². The first-order valence-corrected chi connectivity index (χ1v) is 6.31. The van der Waals surface area contributed by atoms with E-state index in [1.54, 1.807) is 14.2 Å². The van der Waals surface area contributed by atoms with Crippen molar-refractivity contribution in [1.82, 2.24) is 0 Å². The summed E-state index contributed by atoms with van der Waals surface area (Å²) in [5.41, 5.74) is 7.24. The van der Waals surface area contributed by atoms with E-state index in [-0.39, 0.29) is 5.54 Å². The Kier molecular flexibility index (Phi) is 3.66. The zero-order chi connectivity index (χ0) is 13.2. The second-order valence-electron chi connectivity index (χ2n) is 5.18. The highest BCUT2D eigenvalue weighted by Crippen LogP contribution is 2.34. The molecule has 0 spiro atoms. The third kappa shape index (κ3) is 2.70. The first-order chi connectivity index (χ1) is 8.55. The van der Waals surface area contributed by atoms with Gasteiger partial charge in [0.15, 0.2) is 0 Å². The van der Waals surface area contributed by atoms with Crippen molar-refractivity contribution in [2.45, 2.75) is 25.3 Å². The van der Waals surface area contributed by atoms with Crippen molar-refractivity contribution < 1.29 is 9.47 Å². The van der Waals surface area contributed by atoms with Gasteiger partial charge in [0.05, 0.1) is 19.9 Å². The number of anilines is 1. The molecule has 2 rings (SSSR count). The molecular weight excluding hydrogens is 228 g/mol. The Hall–Kier alpha value is -1.42. The molecule has 0 radical (unpaired) electrons. The first-order valence-electron chi connectivity index (χ1n) is 6.31. The topological polar surface area (TPSA) is 47.7 Å². The highest BCUT2D eigenvalue weighted by atomic mass is 16.5. The van der Waals surface area contributed by atoms with Crippen LogP contribution in [0.25, 0.3) is 0 Å². The zero-order valence-corrected chi connectivity index (χ0v) is 11.4. The molecule has 1 aliphatic rings. The summed E-state index contributed by atoms with van der Waals surface area (Å²) in [4.78, 5) is 2.33.